The first kappa shape index (κ1) is 19.0. The Bertz CT molecular complexity index is 433. The minimum absolute atomic E-state index is 0.0541. The van der Waals surface area contributed by atoms with Crippen molar-refractivity contribution < 1.29 is 19.1 Å². The van der Waals surface area contributed by atoms with Crippen molar-refractivity contribution in [3.63, 3.8) is 0 Å². The SMILES string of the molecule is CC(C)(C)OC(=O)NCC1(NC(=O)CCC2CCCO2)CCCC1. The van der Waals surface area contributed by atoms with Crippen LogP contribution in [0.5, 0.6) is 0 Å². The Morgan fingerprint density at radius 1 is 1.21 bits per heavy atom. The molecule has 2 fully saturated rings. The highest BCUT2D eigenvalue weighted by molar-refractivity contribution is 5.77. The molecule has 1 aliphatic carbocycles. The molecule has 1 saturated carbocycles. The van der Waals surface area contributed by atoms with Crippen molar-refractivity contribution in [3.8, 4) is 0 Å². The number of rotatable bonds is 6. The summed E-state index contributed by atoms with van der Waals surface area (Å²) in [4.78, 5) is 24.2. The fourth-order valence-corrected chi connectivity index (χ4v) is 3.48. The number of alkyl carbamates (subject to hydrolysis) is 1. The average molecular weight is 340 g/mol. The van der Waals surface area contributed by atoms with Crippen molar-refractivity contribution in [1.29, 1.82) is 0 Å². The van der Waals surface area contributed by atoms with Gasteiger partial charge in [0.15, 0.2) is 0 Å². The lowest BCUT2D eigenvalue weighted by Crippen LogP contribution is -2.54. The van der Waals surface area contributed by atoms with E-state index in [4.69, 9.17) is 9.47 Å². The third kappa shape index (κ3) is 6.30. The van der Waals surface area contributed by atoms with Crippen LogP contribution in [0.4, 0.5) is 4.79 Å². The predicted octanol–water partition coefficient (Wildman–Crippen LogP) is 2.90. The van der Waals surface area contributed by atoms with E-state index >= 15 is 0 Å². The average Bonchev–Trinajstić information content (AvgIpc) is 3.13. The summed E-state index contributed by atoms with van der Waals surface area (Å²) in [6.07, 6.45) is 7.15. The second-order valence-corrected chi connectivity index (χ2v) is 8.06. The largest absolute Gasteiger partial charge is 0.444 e. The number of hydrogen-bond acceptors (Lipinski definition) is 4. The summed E-state index contributed by atoms with van der Waals surface area (Å²) in [5, 5.41) is 5.99. The van der Waals surface area contributed by atoms with Crippen LogP contribution in [-0.2, 0) is 14.3 Å². The Morgan fingerprint density at radius 3 is 2.50 bits per heavy atom. The molecule has 2 rings (SSSR count). The standard InChI is InChI=1S/C18H32N2O4/c1-17(2,3)24-16(22)19-13-18(10-4-5-11-18)20-15(21)9-8-14-7-6-12-23-14/h14H,4-13H2,1-3H3,(H,19,22)(H,20,21). The molecular formula is C18H32N2O4. The molecule has 1 atom stereocenters. The van der Waals surface area contributed by atoms with Crippen LogP contribution in [0.3, 0.4) is 0 Å². The topological polar surface area (TPSA) is 76.7 Å². The number of ether oxygens (including phenoxy) is 2. The molecule has 0 radical (unpaired) electrons. The highest BCUT2D eigenvalue weighted by atomic mass is 16.6. The molecule has 1 saturated heterocycles. The van der Waals surface area contributed by atoms with Crippen LogP contribution in [0.25, 0.3) is 0 Å². The van der Waals surface area contributed by atoms with Crippen molar-refractivity contribution in [2.24, 2.45) is 0 Å². The van der Waals surface area contributed by atoms with Gasteiger partial charge in [-0.2, -0.15) is 0 Å². The number of carbonyl (C=O) groups is 2. The molecular weight excluding hydrogens is 308 g/mol. The first-order valence-corrected chi connectivity index (χ1v) is 9.18. The predicted molar refractivity (Wildman–Crippen MR) is 91.8 cm³/mol. The van der Waals surface area contributed by atoms with Crippen molar-refractivity contribution in [3.05, 3.63) is 0 Å². The number of carbonyl (C=O) groups excluding carboxylic acids is 2. The highest BCUT2D eigenvalue weighted by Crippen LogP contribution is 2.29. The summed E-state index contributed by atoms with van der Waals surface area (Å²) in [7, 11) is 0. The van der Waals surface area contributed by atoms with E-state index in [0.717, 1.165) is 51.6 Å². The van der Waals surface area contributed by atoms with E-state index in [1.54, 1.807) is 0 Å². The molecule has 1 unspecified atom stereocenters. The lowest BCUT2D eigenvalue weighted by Gasteiger charge is -2.31. The van der Waals surface area contributed by atoms with Gasteiger partial charge in [-0.1, -0.05) is 12.8 Å². The quantitative estimate of drug-likeness (QED) is 0.779. The summed E-state index contributed by atoms with van der Waals surface area (Å²) in [6, 6.07) is 0. The normalized spacial score (nSPS) is 23.0. The van der Waals surface area contributed by atoms with E-state index in [0.29, 0.717) is 13.0 Å². The molecule has 6 nitrogen and oxygen atoms in total. The maximum absolute atomic E-state index is 12.3. The molecule has 2 N–H and O–H groups in total. The van der Waals surface area contributed by atoms with E-state index in [2.05, 4.69) is 10.6 Å². The van der Waals surface area contributed by atoms with Crippen LogP contribution < -0.4 is 10.6 Å². The summed E-state index contributed by atoms with van der Waals surface area (Å²) < 4.78 is 10.9. The monoisotopic (exact) mass is 340 g/mol. The van der Waals surface area contributed by atoms with Crippen LogP contribution in [0, 0.1) is 0 Å². The van der Waals surface area contributed by atoms with Gasteiger partial charge >= 0.3 is 6.09 Å². The van der Waals surface area contributed by atoms with Crippen LogP contribution in [0.2, 0.25) is 0 Å². The molecule has 0 aromatic carbocycles. The Labute approximate surface area is 145 Å². The first-order chi connectivity index (χ1) is 11.3. The van der Waals surface area contributed by atoms with Gasteiger partial charge in [0.2, 0.25) is 5.91 Å². The number of hydrogen-bond donors (Lipinski definition) is 2. The third-order valence-corrected chi connectivity index (χ3v) is 4.65. The van der Waals surface area contributed by atoms with Gasteiger partial charge in [-0.15, -0.1) is 0 Å². The van der Waals surface area contributed by atoms with Crippen molar-refractivity contribution >= 4 is 12.0 Å². The zero-order chi connectivity index (χ0) is 17.6. The van der Waals surface area contributed by atoms with Crippen molar-refractivity contribution in [2.75, 3.05) is 13.2 Å². The Balaban J connectivity index is 1.78. The molecule has 1 aliphatic heterocycles. The molecule has 6 heteroatoms. The van der Waals surface area contributed by atoms with Crippen molar-refractivity contribution in [1.82, 2.24) is 10.6 Å². The van der Waals surface area contributed by atoms with E-state index in [9.17, 15) is 9.59 Å². The molecule has 138 valence electrons. The zero-order valence-electron chi connectivity index (χ0n) is 15.3. The smallest absolute Gasteiger partial charge is 0.407 e. The maximum Gasteiger partial charge on any atom is 0.407 e. The summed E-state index contributed by atoms with van der Waals surface area (Å²) in [5.74, 6) is 0.0541. The molecule has 0 aromatic heterocycles. The summed E-state index contributed by atoms with van der Waals surface area (Å²) >= 11 is 0. The van der Waals surface area contributed by atoms with Gasteiger partial charge in [-0.25, -0.2) is 4.79 Å². The second-order valence-electron chi connectivity index (χ2n) is 8.06. The lowest BCUT2D eigenvalue weighted by atomic mass is 9.97. The Kier molecular flexibility index (Phi) is 6.49. The molecule has 2 amide bonds. The fourth-order valence-electron chi connectivity index (χ4n) is 3.48. The zero-order valence-corrected chi connectivity index (χ0v) is 15.3. The Morgan fingerprint density at radius 2 is 1.92 bits per heavy atom. The molecule has 24 heavy (non-hydrogen) atoms. The van der Waals surface area contributed by atoms with Gasteiger partial charge in [0.05, 0.1) is 11.6 Å². The van der Waals surface area contributed by atoms with Crippen LogP contribution in [0.1, 0.15) is 72.1 Å². The molecule has 2 aliphatic rings. The minimum atomic E-state index is -0.516. The first-order valence-electron chi connectivity index (χ1n) is 9.18. The van der Waals surface area contributed by atoms with Gasteiger partial charge in [-0.3, -0.25) is 4.79 Å². The molecule has 1 heterocycles. The van der Waals surface area contributed by atoms with Gasteiger partial charge in [0.1, 0.15) is 5.60 Å². The molecule has 0 aromatic rings. The third-order valence-electron chi connectivity index (χ3n) is 4.65. The molecule has 0 spiro atoms. The lowest BCUT2D eigenvalue weighted by molar-refractivity contribution is -0.123. The number of amides is 2. The van der Waals surface area contributed by atoms with Crippen LogP contribution >= 0.6 is 0 Å². The van der Waals surface area contributed by atoms with Crippen LogP contribution in [-0.4, -0.2) is 42.4 Å². The summed E-state index contributed by atoms with van der Waals surface area (Å²) in [6.45, 7) is 6.75. The number of nitrogens with one attached hydrogen (secondary N) is 2. The van der Waals surface area contributed by atoms with Gasteiger partial charge in [0, 0.05) is 19.6 Å². The van der Waals surface area contributed by atoms with Crippen LogP contribution in [0.15, 0.2) is 0 Å². The molecule has 0 bridgehead atoms. The van der Waals surface area contributed by atoms with E-state index in [1.807, 2.05) is 20.8 Å². The Hall–Kier alpha value is -1.30. The van der Waals surface area contributed by atoms with E-state index < -0.39 is 11.7 Å². The highest BCUT2D eigenvalue weighted by Gasteiger charge is 2.36. The minimum Gasteiger partial charge on any atom is -0.444 e. The van der Waals surface area contributed by atoms with Crippen molar-refractivity contribution in [2.45, 2.75) is 89.4 Å². The summed E-state index contributed by atoms with van der Waals surface area (Å²) in [5.41, 5.74) is -0.845. The van der Waals surface area contributed by atoms with Gasteiger partial charge < -0.3 is 20.1 Å². The fraction of sp³-hybridized carbons (Fsp3) is 0.889. The van der Waals surface area contributed by atoms with E-state index in [-0.39, 0.29) is 17.6 Å². The van der Waals surface area contributed by atoms with Gasteiger partial charge in [0.25, 0.3) is 0 Å². The second kappa shape index (κ2) is 8.19. The van der Waals surface area contributed by atoms with Gasteiger partial charge in [-0.05, 0) is 52.9 Å². The maximum atomic E-state index is 12.3. The van der Waals surface area contributed by atoms with E-state index in [1.165, 1.54) is 0 Å².